The topological polar surface area (TPSA) is 52.0 Å². The van der Waals surface area contributed by atoms with E-state index in [2.05, 4.69) is 34.7 Å². The fourth-order valence-electron chi connectivity index (χ4n) is 5.43. The summed E-state index contributed by atoms with van der Waals surface area (Å²) in [6.07, 6.45) is 5.36. The molecule has 1 spiro atoms. The van der Waals surface area contributed by atoms with E-state index < -0.39 is 0 Å². The fraction of sp³-hybridized carbons (Fsp3) is 0.346. The maximum atomic E-state index is 13.4. The summed E-state index contributed by atoms with van der Waals surface area (Å²) in [4.78, 5) is 30.6. The highest BCUT2D eigenvalue weighted by Gasteiger charge is 2.44. The Labute approximate surface area is 186 Å². The average molecular weight is 431 g/mol. The van der Waals surface area contributed by atoms with Crippen LogP contribution in [0.2, 0.25) is 0 Å². The van der Waals surface area contributed by atoms with Crippen LogP contribution in [-0.4, -0.2) is 14.7 Å². The molecule has 2 aliphatic carbocycles. The van der Waals surface area contributed by atoms with Gasteiger partial charge in [-0.1, -0.05) is 79.2 Å². The van der Waals surface area contributed by atoms with Gasteiger partial charge in [0.05, 0.1) is 17.0 Å². The number of carbonyl (C=O) groups excluding carboxylic acids is 1. The summed E-state index contributed by atoms with van der Waals surface area (Å²) in [7, 11) is 0. The Balaban J connectivity index is 1.61. The van der Waals surface area contributed by atoms with Crippen LogP contribution < -0.4 is 5.56 Å². The molecular formula is C26H26N2O2S. The van der Waals surface area contributed by atoms with E-state index in [1.54, 1.807) is 0 Å². The van der Waals surface area contributed by atoms with Crippen molar-refractivity contribution in [2.24, 2.45) is 0 Å². The van der Waals surface area contributed by atoms with Crippen LogP contribution in [0.25, 0.3) is 11.3 Å². The van der Waals surface area contributed by atoms with Gasteiger partial charge < -0.3 is 4.57 Å². The van der Waals surface area contributed by atoms with E-state index in [-0.39, 0.29) is 16.1 Å². The highest BCUT2D eigenvalue weighted by Crippen LogP contribution is 2.50. The number of hydrogen-bond acceptors (Lipinski definition) is 4. The predicted molar refractivity (Wildman–Crippen MR) is 126 cm³/mol. The largest absolute Gasteiger partial charge is 0.328 e. The smallest absolute Gasteiger partial charge is 0.277 e. The van der Waals surface area contributed by atoms with Gasteiger partial charge in [-0.05, 0) is 31.7 Å². The van der Waals surface area contributed by atoms with Crippen molar-refractivity contribution < 1.29 is 4.79 Å². The molecule has 1 fully saturated rings. The Morgan fingerprint density at radius 2 is 1.77 bits per heavy atom. The van der Waals surface area contributed by atoms with Crippen molar-refractivity contribution in [2.75, 3.05) is 0 Å². The van der Waals surface area contributed by atoms with Crippen molar-refractivity contribution in [1.82, 2.24) is 9.55 Å². The zero-order valence-electron chi connectivity index (χ0n) is 17.8. The standard InChI is InChI=1S/C26H26N2O2S/c1-2-28-21(17-31-25(30)18-10-4-3-5-11-18)27-24(29)22-23(28)20-13-7-6-12-19(20)16-26(22)14-8-9-15-26/h3-7,10-13H,2,8-9,14-17H2,1H3. The van der Waals surface area contributed by atoms with Gasteiger partial charge >= 0.3 is 0 Å². The summed E-state index contributed by atoms with van der Waals surface area (Å²) >= 11 is 1.22. The molecule has 2 aliphatic rings. The molecule has 0 atom stereocenters. The molecule has 3 aromatic rings. The van der Waals surface area contributed by atoms with Crippen LogP contribution >= 0.6 is 11.8 Å². The molecule has 0 N–H and O–H groups in total. The number of aromatic nitrogens is 2. The Morgan fingerprint density at radius 1 is 1.06 bits per heavy atom. The Bertz CT molecular complexity index is 1190. The van der Waals surface area contributed by atoms with Gasteiger partial charge in [0.25, 0.3) is 5.56 Å². The van der Waals surface area contributed by atoms with Crippen molar-refractivity contribution in [3.63, 3.8) is 0 Å². The lowest BCUT2D eigenvalue weighted by Gasteiger charge is -2.37. The molecule has 158 valence electrons. The van der Waals surface area contributed by atoms with Crippen LogP contribution in [0, 0.1) is 0 Å². The van der Waals surface area contributed by atoms with Crippen LogP contribution in [-0.2, 0) is 24.1 Å². The summed E-state index contributed by atoms with van der Waals surface area (Å²) in [5.41, 5.74) is 4.91. The summed E-state index contributed by atoms with van der Waals surface area (Å²) < 4.78 is 2.18. The maximum Gasteiger partial charge on any atom is 0.277 e. The van der Waals surface area contributed by atoms with E-state index in [9.17, 15) is 9.59 Å². The number of nitrogens with zero attached hydrogens (tertiary/aromatic N) is 2. The molecule has 0 amide bonds. The predicted octanol–water partition coefficient (Wildman–Crippen LogP) is 5.37. The van der Waals surface area contributed by atoms with Crippen molar-refractivity contribution in [1.29, 1.82) is 0 Å². The van der Waals surface area contributed by atoms with E-state index in [1.807, 2.05) is 36.4 Å². The van der Waals surface area contributed by atoms with Gasteiger partial charge in [0.15, 0.2) is 0 Å². The molecule has 0 unspecified atom stereocenters. The van der Waals surface area contributed by atoms with E-state index >= 15 is 0 Å². The number of fused-ring (bicyclic) bond motifs is 4. The lowest BCUT2D eigenvalue weighted by molar-refractivity contribution is 0.108. The number of rotatable bonds is 4. The first-order valence-corrected chi connectivity index (χ1v) is 12.1. The number of carbonyl (C=O) groups is 1. The average Bonchev–Trinajstić information content (AvgIpc) is 3.26. The third kappa shape index (κ3) is 3.45. The first-order valence-electron chi connectivity index (χ1n) is 11.1. The second kappa shape index (κ2) is 8.12. The van der Waals surface area contributed by atoms with E-state index in [1.165, 1.54) is 17.3 Å². The van der Waals surface area contributed by atoms with Gasteiger partial charge in [-0.3, -0.25) is 9.59 Å². The van der Waals surface area contributed by atoms with Crippen LogP contribution in [0.5, 0.6) is 0 Å². The molecule has 5 heteroatoms. The normalized spacial score (nSPS) is 16.2. The Hall–Kier alpha value is -2.66. The monoisotopic (exact) mass is 430 g/mol. The van der Waals surface area contributed by atoms with Crippen LogP contribution in [0.3, 0.4) is 0 Å². The Morgan fingerprint density at radius 3 is 2.52 bits per heavy atom. The molecule has 4 nitrogen and oxygen atoms in total. The maximum absolute atomic E-state index is 13.4. The van der Waals surface area contributed by atoms with Gasteiger partial charge in [0.1, 0.15) is 5.82 Å². The summed E-state index contributed by atoms with van der Waals surface area (Å²) in [5.74, 6) is 1.07. The molecule has 1 heterocycles. The van der Waals surface area contributed by atoms with Gasteiger partial charge in [-0.15, -0.1) is 0 Å². The number of benzene rings is 2. The lowest BCUT2D eigenvalue weighted by atomic mass is 9.68. The fourth-order valence-corrected chi connectivity index (χ4v) is 6.22. The second-order valence-corrected chi connectivity index (χ2v) is 9.51. The zero-order valence-corrected chi connectivity index (χ0v) is 18.6. The quantitative estimate of drug-likeness (QED) is 0.558. The molecule has 2 aromatic carbocycles. The minimum Gasteiger partial charge on any atom is -0.328 e. The molecular weight excluding hydrogens is 404 g/mol. The molecule has 0 bridgehead atoms. The summed E-state index contributed by atoms with van der Waals surface area (Å²) in [6.45, 7) is 2.81. The lowest BCUT2D eigenvalue weighted by Crippen LogP contribution is -2.39. The third-order valence-electron chi connectivity index (χ3n) is 6.81. The summed E-state index contributed by atoms with van der Waals surface area (Å²) in [6, 6.07) is 17.8. The van der Waals surface area contributed by atoms with E-state index in [4.69, 9.17) is 0 Å². The van der Waals surface area contributed by atoms with Gasteiger partial charge in [-0.2, -0.15) is 4.98 Å². The van der Waals surface area contributed by atoms with Crippen LogP contribution in [0.1, 0.15) is 59.9 Å². The second-order valence-electron chi connectivity index (χ2n) is 8.56. The molecule has 5 rings (SSSR count). The molecule has 0 radical (unpaired) electrons. The number of hydrogen-bond donors (Lipinski definition) is 0. The van der Waals surface area contributed by atoms with Gasteiger partial charge in [0, 0.05) is 23.1 Å². The zero-order chi connectivity index (χ0) is 21.4. The minimum atomic E-state index is -0.0983. The molecule has 1 saturated carbocycles. The molecule has 31 heavy (non-hydrogen) atoms. The first kappa shape index (κ1) is 20.3. The highest BCUT2D eigenvalue weighted by atomic mass is 32.2. The van der Waals surface area contributed by atoms with E-state index in [0.717, 1.165) is 55.5 Å². The molecule has 1 aromatic heterocycles. The SMILES string of the molecule is CCn1c(CSC(=O)c2ccccc2)nc(=O)c2c1-c1ccccc1CC21CCCC1. The Kier molecular flexibility index (Phi) is 5.30. The van der Waals surface area contributed by atoms with Crippen LogP contribution in [0.4, 0.5) is 0 Å². The number of thioether (sulfide) groups is 1. The minimum absolute atomic E-state index is 0.00267. The van der Waals surface area contributed by atoms with E-state index in [0.29, 0.717) is 17.1 Å². The van der Waals surface area contributed by atoms with Crippen LogP contribution in [0.15, 0.2) is 59.4 Å². The van der Waals surface area contributed by atoms with Crippen molar-refractivity contribution in [3.05, 3.63) is 87.5 Å². The molecule has 0 saturated heterocycles. The van der Waals surface area contributed by atoms with Gasteiger partial charge in [-0.25, -0.2) is 0 Å². The molecule has 0 aliphatic heterocycles. The highest BCUT2D eigenvalue weighted by molar-refractivity contribution is 8.13. The van der Waals surface area contributed by atoms with Crippen molar-refractivity contribution in [2.45, 2.75) is 56.7 Å². The first-order chi connectivity index (χ1) is 15.1. The third-order valence-corrected chi connectivity index (χ3v) is 7.71. The van der Waals surface area contributed by atoms with Crippen molar-refractivity contribution in [3.8, 4) is 11.3 Å². The summed E-state index contributed by atoms with van der Waals surface area (Å²) in [5, 5.41) is 0.00267. The van der Waals surface area contributed by atoms with Crippen molar-refractivity contribution >= 4 is 16.9 Å². The van der Waals surface area contributed by atoms with Gasteiger partial charge in [0.2, 0.25) is 5.12 Å².